The lowest BCUT2D eigenvalue weighted by molar-refractivity contribution is 0.150. The summed E-state index contributed by atoms with van der Waals surface area (Å²) in [7, 11) is 0. The van der Waals surface area contributed by atoms with Gasteiger partial charge in [-0.3, -0.25) is 9.89 Å². The van der Waals surface area contributed by atoms with Gasteiger partial charge in [0.15, 0.2) is 5.96 Å². The highest BCUT2D eigenvalue weighted by molar-refractivity contribution is 7.11. The van der Waals surface area contributed by atoms with Crippen LogP contribution in [0.4, 0.5) is 0 Å². The molecular weight excluding hydrogens is 370 g/mol. The molecule has 3 heterocycles. The number of aromatic nitrogens is 1. The number of hydrogen-bond acceptors (Lipinski definition) is 5. The molecule has 2 N–H and O–H groups in total. The molecule has 2 aromatic rings. The highest BCUT2D eigenvalue weighted by Gasteiger charge is 2.24. The van der Waals surface area contributed by atoms with E-state index in [0.717, 1.165) is 50.7 Å². The Bertz CT molecular complexity index is 706. The maximum absolute atomic E-state index is 5.73. The average Bonchev–Trinajstić information content (AvgIpc) is 3.41. The van der Waals surface area contributed by atoms with Crippen molar-refractivity contribution in [3.8, 4) is 0 Å². The smallest absolute Gasteiger partial charge is 0.191 e. The van der Waals surface area contributed by atoms with Gasteiger partial charge in [0.1, 0.15) is 5.76 Å². The second kappa shape index (κ2) is 11.2. The van der Waals surface area contributed by atoms with E-state index in [1.807, 2.05) is 12.3 Å². The first-order valence-corrected chi connectivity index (χ1v) is 11.3. The summed E-state index contributed by atoms with van der Waals surface area (Å²) in [4.78, 5) is 13.2. The van der Waals surface area contributed by atoms with Gasteiger partial charge in [-0.05, 0) is 51.4 Å². The van der Waals surface area contributed by atoms with Crippen LogP contribution in [0.15, 0.2) is 34.0 Å². The van der Waals surface area contributed by atoms with E-state index < -0.39 is 0 Å². The second-order valence-corrected chi connectivity index (χ2v) is 8.30. The fourth-order valence-electron chi connectivity index (χ4n) is 3.53. The first kappa shape index (κ1) is 20.9. The minimum absolute atomic E-state index is 0.205. The van der Waals surface area contributed by atoms with Gasteiger partial charge in [0.25, 0.3) is 0 Å². The minimum atomic E-state index is 0.205. The number of likely N-dealkylation sites (tertiary alicyclic amines) is 1. The van der Waals surface area contributed by atoms with Gasteiger partial charge in [0, 0.05) is 30.6 Å². The number of aryl methyl sites for hydroxylation is 1. The van der Waals surface area contributed by atoms with Crippen LogP contribution >= 0.6 is 11.3 Å². The first-order chi connectivity index (χ1) is 13.8. The summed E-state index contributed by atoms with van der Waals surface area (Å²) in [6.45, 7) is 8.88. The highest BCUT2D eigenvalue weighted by atomic mass is 32.1. The van der Waals surface area contributed by atoms with Crippen LogP contribution in [0.25, 0.3) is 0 Å². The predicted octanol–water partition coefficient (Wildman–Crippen LogP) is 3.62. The standard InChI is InChI=1S/C21H33N5OS/c1-3-17-15-24-20(28-17)10-11-23-21(22-4-2)25-16-18(19-9-8-14-27-19)26-12-6-5-7-13-26/h8-9,14-15,18H,3-7,10-13,16H2,1-2H3,(H2,22,23,25). The van der Waals surface area contributed by atoms with E-state index in [9.17, 15) is 0 Å². The van der Waals surface area contributed by atoms with Gasteiger partial charge in [0.05, 0.1) is 23.9 Å². The van der Waals surface area contributed by atoms with Gasteiger partial charge in [-0.25, -0.2) is 4.98 Å². The summed E-state index contributed by atoms with van der Waals surface area (Å²) in [6.07, 6.45) is 9.57. The molecule has 6 nitrogen and oxygen atoms in total. The lowest BCUT2D eigenvalue weighted by Crippen LogP contribution is -2.40. The minimum Gasteiger partial charge on any atom is -0.468 e. The lowest BCUT2D eigenvalue weighted by Gasteiger charge is -2.32. The van der Waals surface area contributed by atoms with Crippen molar-refractivity contribution in [3.05, 3.63) is 40.2 Å². The fourth-order valence-corrected chi connectivity index (χ4v) is 4.39. The van der Waals surface area contributed by atoms with Gasteiger partial charge in [-0.2, -0.15) is 0 Å². The Morgan fingerprint density at radius 3 is 2.82 bits per heavy atom. The molecule has 1 atom stereocenters. The largest absolute Gasteiger partial charge is 0.468 e. The Morgan fingerprint density at radius 2 is 2.14 bits per heavy atom. The second-order valence-electron chi connectivity index (χ2n) is 7.10. The van der Waals surface area contributed by atoms with Crippen LogP contribution in [0, 0.1) is 0 Å². The number of guanidine groups is 1. The fraction of sp³-hybridized carbons (Fsp3) is 0.619. The molecule has 0 aliphatic carbocycles. The van der Waals surface area contributed by atoms with Gasteiger partial charge in [-0.1, -0.05) is 13.3 Å². The monoisotopic (exact) mass is 403 g/mol. The van der Waals surface area contributed by atoms with Crippen molar-refractivity contribution in [1.29, 1.82) is 0 Å². The molecule has 7 heteroatoms. The van der Waals surface area contributed by atoms with E-state index in [1.165, 1.54) is 29.1 Å². The SMILES string of the molecule is CCNC(=NCC(c1ccco1)N1CCCCC1)NCCc1ncc(CC)s1. The number of hydrogen-bond donors (Lipinski definition) is 2. The van der Waals surface area contributed by atoms with Crippen LogP contribution in [0.5, 0.6) is 0 Å². The normalized spacial score (nSPS) is 16.9. The van der Waals surface area contributed by atoms with Crippen LogP contribution in [-0.4, -0.2) is 48.6 Å². The number of piperidine rings is 1. The van der Waals surface area contributed by atoms with Crippen molar-refractivity contribution in [2.75, 3.05) is 32.7 Å². The molecule has 154 valence electrons. The van der Waals surface area contributed by atoms with Crippen molar-refractivity contribution in [2.45, 2.75) is 52.0 Å². The number of rotatable bonds is 9. The summed E-state index contributed by atoms with van der Waals surface area (Å²) in [5.41, 5.74) is 0. The molecule has 1 unspecified atom stereocenters. The van der Waals surface area contributed by atoms with E-state index in [0.29, 0.717) is 6.54 Å². The van der Waals surface area contributed by atoms with Crippen LogP contribution < -0.4 is 10.6 Å². The number of thiazole rings is 1. The zero-order valence-corrected chi connectivity index (χ0v) is 17.9. The van der Waals surface area contributed by atoms with E-state index in [-0.39, 0.29) is 6.04 Å². The summed E-state index contributed by atoms with van der Waals surface area (Å²) in [6, 6.07) is 4.25. The van der Waals surface area contributed by atoms with E-state index in [2.05, 4.69) is 40.4 Å². The molecule has 0 radical (unpaired) electrons. The molecule has 0 spiro atoms. The molecule has 0 aromatic carbocycles. The van der Waals surface area contributed by atoms with E-state index in [1.54, 1.807) is 17.6 Å². The highest BCUT2D eigenvalue weighted by Crippen LogP contribution is 2.25. The zero-order valence-electron chi connectivity index (χ0n) is 17.1. The van der Waals surface area contributed by atoms with Crippen molar-refractivity contribution < 1.29 is 4.42 Å². The quantitative estimate of drug-likeness (QED) is 0.494. The van der Waals surface area contributed by atoms with E-state index >= 15 is 0 Å². The third-order valence-electron chi connectivity index (χ3n) is 5.05. The number of nitrogens with one attached hydrogen (secondary N) is 2. The molecule has 1 aliphatic heterocycles. The Kier molecular flexibility index (Phi) is 8.36. The van der Waals surface area contributed by atoms with Crippen molar-refractivity contribution in [2.24, 2.45) is 4.99 Å². The first-order valence-electron chi connectivity index (χ1n) is 10.5. The lowest BCUT2D eigenvalue weighted by atomic mass is 10.1. The Hall–Kier alpha value is -1.86. The molecule has 3 rings (SSSR count). The van der Waals surface area contributed by atoms with Crippen LogP contribution in [0.2, 0.25) is 0 Å². The Morgan fingerprint density at radius 1 is 1.29 bits per heavy atom. The summed E-state index contributed by atoms with van der Waals surface area (Å²) < 4.78 is 5.73. The Balaban J connectivity index is 1.58. The van der Waals surface area contributed by atoms with Crippen LogP contribution in [0.3, 0.4) is 0 Å². The molecule has 1 aliphatic rings. The van der Waals surface area contributed by atoms with Gasteiger partial charge >= 0.3 is 0 Å². The van der Waals surface area contributed by atoms with Crippen molar-refractivity contribution in [1.82, 2.24) is 20.5 Å². The average molecular weight is 404 g/mol. The third-order valence-corrected chi connectivity index (χ3v) is 6.25. The topological polar surface area (TPSA) is 65.7 Å². The number of aliphatic imine (C=N–C) groups is 1. The maximum Gasteiger partial charge on any atom is 0.191 e. The summed E-state index contributed by atoms with van der Waals surface area (Å²) >= 11 is 1.80. The van der Waals surface area contributed by atoms with Gasteiger partial charge in [-0.15, -0.1) is 11.3 Å². The van der Waals surface area contributed by atoms with Gasteiger partial charge < -0.3 is 15.1 Å². The molecule has 1 fully saturated rings. The van der Waals surface area contributed by atoms with Crippen LogP contribution in [0.1, 0.15) is 54.8 Å². The van der Waals surface area contributed by atoms with Crippen molar-refractivity contribution in [3.63, 3.8) is 0 Å². The Labute approximate surface area is 172 Å². The molecule has 1 saturated heterocycles. The summed E-state index contributed by atoms with van der Waals surface area (Å²) in [5, 5.41) is 8.00. The molecular formula is C21H33N5OS. The molecule has 0 amide bonds. The van der Waals surface area contributed by atoms with Gasteiger partial charge in [0.2, 0.25) is 0 Å². The molecule has 0 saturated carbocycles. The van der Waals surface area contributed by atoms with Crippen molar-refractivity contribution >= 4 is 17.3 Å². The molecule has 28 heavy (non-hydrogen) atoms. The molecule has 0 bridgehead atoms. The molecule has 2 aromatic heterocycles. The summed E-state index contributed by atoms with van der Waals surface area (Å²) in [5.74, 6) is 1.87. The van der Waals surface area contributed by atoms with Crippen LogP contribution in [-0.2, 0) is 12.8 Å². The predicted molar refractivity (Wildman–Crippen MR) is 116 cm³/mol. The number of nitrogens with zero attached hydrogens (tertiary/aromatic N) is 3. The van der Waals surface area contributed by atoms with E-state index in [4.69, 9.17) is 9.41 Å². The zero-order chi connectivity index (χ0) is 19.6. The third kappa shape index (κ3) is 6.07. The number of furan rings is 1. The maximum atomic E-state index is 5.73.